The largest absolute Gasteiger partial charge is 0.444 e. The lowest BCUT2D eigenvalue weighted by molar-refractivity contribution is -0.175. The number of sulfone groups is 1. The zero-order valence-corrected chi connectivity index (χ0v) is 24.6. The number of ether oxygens (including phenoxy) is 2. The highest BCUT2D eigenvalue weighted by atomic mass is 32.2. The number of hydrogen-bond acceptors (Lipinski definition) is 8. The van der Waals surface area contributed by atoms with Crippen LogP contribution in [0.25, 0.3) is 0 Å². The van der Waals surface area contributed by atoms with Crippen LogP contribution >= 0.6 is 11.3 Å². The van der Waals surface area contributed by atoms with Gasteiger partial charge < -0.3 is 19.7 Å². The van der Waals surface area contributed by atoms with Crippen molar-refractivity contribution in [2.75, 3.05) is 18.8 Å². The van der Waals surface area contributed by atoms with Crippen molar-refractivity contribution in [3.05, 3.63) is 45.4 Å². The highest BCUT2D eigenvalue weighted by Gasteiger charge is 2.48. The molecular weight excluding hydrogens is 526 g/mol. The summed E-state index contributed by atoms with van der Waals surface area (Å²) in [5.41, 5.74) is 0.171. The molecule has 0 saturated carbocycles. The molecule has 2 amide bonds. The minimum Gasteiger partial charge on any atom is -0.444 e. The maximum absolute atomic E-state index is 13.1. The van der Waals surface area contributed by atoms with E-state index in [1.165, 1.54) is 23.6 Å². The molecule has 9 nitrogen and oxygen atoms in total. The summed E-state index contributed by atoms with van der Waals surface area (Å²) in [6, 6.07) is 5.09. The molecule has 1 fully saturated rings. The maximum atomic E-state index is 13.1. The predicted molar refractivity (Wildman–Crippen MR) is 145 cm³/mol. The van der Waals surface area contributed by atoms with Gasteiger partial charge in [0.1, 0.15) is 11.2 Å². The molecule has 1 spiro atoms. The van der Waals surface area contributed by atoms with Crippen molar-refractivity contribution in [3.8, 4) is 0 Å². The normalized spacial score (nSPS) is 18.6. The number of carbonyl (C=O) groups excluding carboxylic acids is 2. The van der Waals surface area contributed by atoms with Crippen molar-refractivity contribution in [1.29, 1.82) is 0 Å². The molecular formula is C27H37N3O6S2. The van der Waals surface area contributed by atoms with Gasteiger partial charge in [-0.05, 0) is 71.2 Å². The molecule has 38 heavy (non-hydrogen) atoms. The summed E-state index contributed by atoms with van der Waals surface area (Å²) in [5.74, 6) is -0.204. The Balaban J connectivity index is 1.47. The van der Waals surface area contributed by atoms with Crippen LogP contribution in [0.3, 0.4) is 0 Å². The molecule has 0 bridgehead atoms. The summed E-state index contributed by atoms with van der Waals surface area (Å²) in [6.07, 6.45) is 2.96. The molecule has 0 atom stereocenters. The smallest absolute Gasteiger partial charge is 0.410 e. The fraction of sp³-hybridized carbons (Fsp3) is 0.593. The second-order valence-electron chi connectivity index (χ2n) is 11.5. The molecule has 4 heterocycles. The lowest BCUT2D eigenvalue weighted by atomic mass is 9.81. The first-order valence-corrected chi connectivity index (χ1v) is 15.4. The fourth-order valence-corrected chi connectivity index (χ4v) is 7.06. The van der Waals surface area contributed by atoms with Crippen molar-refractivity contribution in [2.24, 2.45) is 0 Å². The number of thiophene rings is 1. The molecule has 0 unspecified atom stereocenters. The van der Waals surface area contributed by atoms with Gasteiger partial charge in [-0.1, -0.05) is 6.92 Å². The van der Waals surface area contributed by atoms with Gasteiger partial charge in [-0.3, -0.25) is 9.78 Å². The zero-order chi connectivity index (χ0) is 27.9. The molecule has 1 N–H and O–H groups in total. The van der Waals surface area contributed by atoms with Gasteiger partial charge in [0.15, 0.2) is 9.84 Å². The second kappa shape index (κ2) is 10.2. The molecule has 0 aromatic carbocycles. The predicted octanol–water partition coefficient (Wildman–Crippen LogP) is 4.44. The Bertz CT molecular complexity index is 1300. The summed E-state index contributed by atoms with van der Waals surface area (Å²) in [6.45, 7) is 12.5. The zero-order valence-electron chi connectivity index (χ0n) is 22.9. The van der Waals surface area contributed by atoms with E-state index in [2.05, 4.69) is 24.1 Å². The highest BCUT2D eigenvalue weighted by Crippen LogP contribution is 2.49. The number of nitrogens with one attached hydrogen (secondary N) is 1. The minimum atomic E-state index is -3.32. The van der Waals surface area contributed by atoms with E-state index < -0.39 is 26.6 Å². The standard InChI is InChI=1S/C27H37N3O6S2/c1-7-38(33,34)20-9-8-19(28-17-20)16-29-23(31)21-14-18-15-26(5,6)36-27(22(18)37-21)10-12-30(13-11-27)24(32)35-25(2,3)4/h8-9,14,17H,7,10-13,15-16H2,1-6H3,(H,29,31). The number of nitrogens with zero attached hydrogens (tertiary/aromatic N) is 2. The van der Waals surface area contributed by atoms with Crippen molar-refractivity contribution < 1.29 is 27.5 Å². The summed E-state index contributed by atoms with van der Waals surface area (Å²) >= 11 is 1.44. The Labute approximate surface area is 228 Å². The van der Waals surface area contributed by atoms with Crippen molar-refractivity contribution in [3.63, 3.8) is 0 Å². The highest BCUT2D eigenvalue weighted by molar-refractivity contribution is 7.91. The van der Waals surface area contributed by atoms with Crippen molar-refractivity contribution >= 4 is 33.2 Å². The number of rotatable bonds is 5. The summed E-state index contributed by atoms with van der Waals surface area (Å²) < 4.78 is 36.2. The average Bonchev–Trinajstić information content (AvgIpc) is 3.26. The van der Waals surface area contributed by atoms with Gasteiger partial charge >= 0.3 is 6.09 Å². The fourth-order valence-electron chi connectivity index (χ4n) is 4.96. The topological polar surface area (TPSA) is 115 Å². The van der Waals surface area contributed by atoms with Gasteiger partial charge in [0.2, 0.25) is 0 Å². The first-order valence-electron chi connectivity index (χ1n) is 12.9. The lowest BCUT2D eigenvalue weighted by Crippen LogP contribution is -2.52. The van der Waals surface area contributed by atoms with Gasteiger partial charge in [0.25, 0.3) is 5.91 Å². The summed E-state index contributed by atoms with van der Waals surface area (Å²) in [5, 5.41) is 2.90. The molecule has 0 radical (unpaired) electrons. The van der Waals surface area contributed by atoms with E-state index in [1.807, 2.05) is 26.8 Å². The summed E-state index contributed by atoms with van der Waals surface area (Å²) in [7, 11) is -3.32. The number of pyridine rings is 1. The molecule has 2 aliphatic rings. The first kappa shape index (κ1) is 28.5. The van der Waals surface area contributed by atoms with E-state index >= 15 is 0 Å². The molecule has 0 aliphatic carbocycles. The maximum Gasteiger partial charge on any atom is 0.410 e. The summed E-state index contributed by atoms with van der Waals surface area (Å²) in [4.78, 5) is 33.4. The van der Waals surface area contributed by atoms with Crippen LogP contribution in [0.2, 0.25) is 0 Å². The van der Waals surface area contributed by atoms with Crippen LogP contribution in [-0.2, 0) is 37.9 Å². The van der Waals surface area contributed by atoms with Gasteiger partial charge in [-0.25, -0.2) is 13.2 Å². The molecule has 2 aromatic heterocycles. The SMILES string of the molecule is CCS(=O)(=O)c1ccc(CNC(=O)c2cc3c(s2)C2(CCN(C(=O)OC(C)(C)C)CC2)OC(C)(C)C3)nc1. The number of likely N-dealkylation sites (tertiary alicyclic amines) is 1. The van der Waals surface area contributed by atoms with Gasteiger partial charge in [-0.15, -0.1) is 11.3 Å². The van der Waals surface area contributed by atoms with Crippen LogP contribution < -0.4 is 5.32 Å². The number of carbonyl (C=O) groups is 2. The van der Waals surface area contributed by atoms with E-state index in [9.17, 15) is 18.0 Å². The molecule has 4 rings (SSSR count). The van der Waals surface area contributed by atoms with E-state index in [0.29, 0.717) is 42.9 Å². The van der Waals surface area contributed by atoms with Gasteiger partial charge in [-0.2, -0.15) is 0 Å². The van der Waals surface area contributed by atoms with Crippen molar-refractivity contribution in [2.45, 2.75) is 89.0 Å². The van der Waals surface area contributed by atoms with Crippen LogP contribution in [0.15, 0.2) is 29.3 Å². The van der Waals surface area contributed by atoms with Crippen LogP contribution in [0.5, 0.6) is 0 Å². The third-order valence-electron chi connectivity index (χ3n) is 6.72. The number of aromatic nitrogens is 1. The van der Waals surface area contributed by atoms with Crippen LogP contribution in [0, 0.1) is 0 Å². The third kappa shape index (κ3) is 6.21. The Kier molecular flexibility index (Phi) is 7.68. The second-order valence-corrected chi connectivity index (χ2v) is 14.9. The van der Waals surface area contributed by atoms with Gasteiger partial charge in [0.05, 0.1) is 33.4 Å². The van der Waals surface area contributed by atoms with Crippen molar-refractivity contribution in [1.82, 2.24) is 15.2 Å². The molecule has 1 saturated heterocycles. The molecule has 11 heteroatoms. The van der Waals surface area contributed by atoms with Gasteiger partial charge in [0, 0.05) is 30.6 Å². The Hall–Kier alpha value is -2.50. The molecule has 208 valence electrons. The van der Waals surface area contributed by atoms with E-state index in [0.717, 1.165) is 10.4 Å². The Morgan fingerprint density at radius 2 is 1.89 bits per heavy atom. The first-order chi connectivity index (χ1) is 17.6. The quantitative estimate of drug-likeness (QED) is 0.572. The van der Waals surface area contributed by atoms with Crippen LogP contribution in [0.1, 0.15) is 80.2 Å². The van der Waals surface area contributed by atoms with E-state index in [1.54, 1.807) is 17.9 Å². The number of piperidine rings is 1. The number of fused-ring (bicyclic) bond motifs is 2. The molecule has 2 aliphatic heterocycles. The minimum absolute atomic E-state index is 0.00878. The number of hydrogen-bond donors (Lipinski definition) is 1. The third-order valence-corrected chi connectivity index (χ3v) is 9.81. The lowest BCUT2D eigenvalue weighted by Gasteiger charge is -2.49. The Morgan fingerprint density at radius 1 is 1.21 bits per heavy atom. The van der Waals surface area contributed by atoms with E-state index in [-0.39, 0.29) is 29.2 Å². The average molecular weight is 564 g/mol. The monoisotopic (exact) mass is 563 g/mol. The Morgan fingerprint density at radius 3 is 2.47 bits per heavy atom. The van der Waals surface area contributed by atoms with Crippen LogP contribution in [-0.4, -0.2) is 60.3 Å². The number of amides is 2. The van der Waals surface area contributed by atoms with E-state index in [4.69, 9.17) is 9.47 Å². The van der Waals surface area contributed by atoms with Crippen LogP contribution in [0.4, 0.5) is 4.79 Å². The molecule has 2 aromatic rings.